The molecule has 0 aliphatic carbocycles. The number of rotatable bonds is 17. The molecule has 2 N–H and O–H groups in total. The molecule has 0 aliphatic heterocycles. The highest BCUT2D eigenvalue weighted by Crippen LogP contribution is 2.13. The van der Waals surface area contributed by atoms with Crippen LogP contribution in [0.4, 0.5) is 0 Å². The molecule has 3 heteroatoms. The molecule has 0 saturated carbocycles. The number of carbonyl (C=O) groups excluding carboxylic acids is 1. The zero-order valence-electron chi connectivity index (χ0n) is 15.8. The zero-order chi connectivity index (χ0) is 17.2. The molecule has 0 rings (SSSR count). The quantitative estimate of drug-likeness (QED) is 0.273. The standard InChI is InChI=1S/C20H41NO2/c1-3-4-5-6-7-8-9-10-11-12-13-14-15-16-17-18-19(21)20(22)23-2/h19H,3-18,21H2,1-2H3. The van der Waals surface area contributed by atoms with Gasteiger partial charge in [0.2, 0.25) is 0 Å². The molecule has 1 atom stereocenters. The Morgan fingerprint density at radius 3 is 1.43 bits per heavy atom. The van der Waals surface area contributed by atoms with Gasteiger partial charge in [-0.3, -0.25) is 4.79 Å². The van der Waals surface area contributed by atoms with E-state index in [4.69, 9.17) is 5.73 Å². The van der Waals surface area contributed by atoms with Crippen molar-refractivity contribution >= 4 is 5.97 Å². The lowest BCUT2D eigenvalue weighted by Crippen LogP contribution is -2.31. The normalized spacial score (nSPS) is 12.3. The van der Waals surface area contributed by atoms with E-state index >= 15 is 0 Å². The molecule has 0 aromatic heterocycles. The van der Waals surface area contributed by atoms with Crippen LogP contribution in [-0.4, -0.2) is 19.1 Å². The number of ether oxygens (including phenoxy) is 1. The van der Waals surface area contributed by atoms with Crippen LogP contribution < -0.4 is 5.73 Å². The number of nitrogens with two attached hydrogens (primary N) is 1. The van der Waals surface area contributed by atoms with Crippen molar-refractivity contribution in [2.24, 2.45) is 5.73 Å². The number of unbranched alkanes of at least 4 members (excludes halogenated alkanes) is 14. The van der Waals surface area contributed by atoms with Gasteiger partial charge in [0.05, 0.1) is 7.11 Å². The van der Waals surface area contributed by atoms with Crippen molar-refractivity contribution in [1.29, 1.82) is 0 Å². The Kier molecular flexibility index (Phi) is 17.3. The number of carbonyl (C=O) groups is 1. The van der Waals surface area contributed by atoms with Crippen LogP contribution in [0.3, 0.4) is 0 Å². The second-order valence-corrected chi connectivity index (χ2v) is 6.87. The summed E-state index contributed by atoms with van der Waals surface area (Å²) in [6.45, 7) is 2.28. The summed E-state index contributed by atoms with van der Waals surface area (Å²) in [7, 11) is 1.40. The third kappa shape index (κ3) is 16.1. The van der Waals surface area contributed by atoms with Crippen LogP contribution in [0.1, 0.15) is 110 Å². The molecule has 0 aliphatic rings. The summed E-state index contributed by atoms with van der Waals surface area (Å²) in [5, 5.41) is 0. The molecule has 0 spiro atoms. The largest absolute Gasteiger partial charge is 0.468 e. The molecule has 0 fully saturated rings. The second-order valence-electron chi connectivity index (χ2n) is 6.87. The molecule has 0 aromatic carbocycles. The highest BCUT2D eigenvalue weighted by Gasteiger charge is 2.12. The first-order valence-corrected chi connectivity index (χ1v) is 10.1. The van der Waals surface area contributed by atoms with E-state index in [1.54, 1.807) is 0 Å². The monoisotopic (exact) mass is 327 g/mol. The molecule has 3 nitrogen and oxygen atoms in total. The molecule has 23 heavy (non-hydrogen) atoms. The van der Waals surface area contributed by atoms with Crippen LogP contribution in [0.15, 0.2) is 0 Å². The molecular weight excluding hydrogens is 286 g/mol. The molecule has 0 bridgehead atoms. The predicted octanol–water partition coefficient (Wildman–Crippen LogP) is 5.75. The van der Waals surface area contributed by atoms with Crippen molar-refractivity contribution in [2.45, 2.75) is 116 Å². The Morgan fingerprint density at radius 2 is 1.09 bits per heavy atom. The van der Waals surface area contributed by atoms with Crippen molar-refractivity contribution in [3.05, 3.63) is 0 Å². The van der Waals surface area contributed by atoms with E-state index in [0.717, 1.165) is 12.8 Å². The van der Waals surface area contributed by atoms with Gasteiger partial charge in [-0.2, -0.15) is 0 Å². The van der Waals surface area contributed by atoms with Gasteiger partial charge in [0.1, 0.15) is 6.04 Å². The molecule has 0 radical (unpaired) electrons. The molecular formula is C20H41NO2. The third-order valence-electron chi connectivity index (χ3n) is 4.62. The van der Waals surface area contributed by atoms with Crippen molar-refractivity contribution < 1.29 is 9.53 Å². The highest BCUT2D eigenvalue weighted by atomic mass is 16.5. The van der Waals surface area contributed by atoms with Gasteiger partial charge in [-0.1, -0.05) is 103 Å². The van der Waals surface area contributed by atoms with Crippen LogP contribution in [0.25, 0.3) is 0 Å². The Hall–Kier alpha value is -0.570. The average Bonchev–Trinajstić information content (AvgIpc) is 2.57. The fraction of sp³-hybridized carbons (Fsp3) is 0.950. The first kappa shape index (κ1) is 22.4. The lowest BCUT2D eigenvalue weighted by atomic mass is 10.0. The van der Waals surface area contributed by atoms with Crippen molar-refractivity contribution in [3.8, 4) is 0 Å². The lowest BCUT2D eigenvalue weighted by molar-refractivity contribution is -0.142. The predicted molar refractivity (Wildman–Crippen MR) is 99.5 cm³/mol. The van der Waals surface area contributed by atoms with Crippen molar-refractivity contribution in [1.82, 2.24) is 0 Å². The van der Waals surface area contributed by atoms with Gasteiger partial charge >= 0.3 is 5.97 Å². The smallest absolute Gasteiger partial charge is 0.322 e. The Labute approximate surface area is 144 Å². The number of methoxy groups -OCH3 is 1. The Bertz CT molecular complexity index is 256. The van der Waals surface area contributed by atoms with Crippen LogP contribution in [0.2, 0.25) is 0 Å². The molecule has 138 valence electrons. The van der Waals surface area contributed by atoms with Gasteiger partial charge in [-0.05, 0) is 6.42 Å². The maximum atomic E-state index is 11.1. The maximum absolute atomic E-state index is 11.1. The van der Waals surface area contributed by atoms with Gasteiger partial charge in [-0.25, -0.2) is 0 Å². The lowest BCUT2D eigenvalue weighted by Gasteiger charge is -2.08. The third-order valence-corrected chi connectivity index (χ3v) is 4.62. The average molecular weight is 328 g/mol. The van der Waals surface area contributed by atoms with Crippen LogP contribution >= 0.6 is 0 Å². The summed E-state index contributed by atoms with van der Waals surface area (Å²) in [5.74, 6) is -0.282. The summed E-state index contributed by atoms with van der Waals surface area (Å²) < 4.78 is 4.62. The van der Waals surface area contributed by atoms with Crippen LogP contribution in [0.5, 0.6) is 0 Å². The van der Waals surface area contributed by atoms with E-state index in [2.05, 4.69) is 11.7 Å². The minimum absolute atomic E-state index is 0.282. The van der Waals surface area contributed by atoms with Gasteiger partial charge in [0, 0.05) is 0 Å². The fourth-order valence-corrected chi connectivity index (χ4v) is 3.00. The minimum Gasteiger partial charge on any atom is -0.468 e. The topological polar surface area (TPSA) is 52.3 Å². The number of esters is 1. The van der Waals surface area contributed by atoms with Crippen LogP contribution in [0, 0.1) is 0 Å². The van der Waals surface area contributed by atoms with E-state index in [9.17, 15) is 4.79 Å². The minimum atomic E-state index is -0.429. The first-order chi connectivity index (χ1) is 11.2. The van der Waals surface area contributed by atoms with E-state index in [1.807, 2.05) is 0 Å². The van der Waals surface area contributed by atoms with Crippen molar-refractivity contribution in [3.63, 3.8) is 0 Å². The second kappa shape index (κ2) is 17.8. The zero-order valence-corrected chi connectivity index (χ0v) is 15.8. The first-order valence-electron chi connectivity index (χ1n) is 10.1. The number of hydrogen-bond donors (Lipinski definition) is 1. The number of hydrogen-bond acceptors (Lipinski definition) is 3. The molecule has 1 unspecified atom stereocenters. The van der Waals surface area contributed by atoms with E-state index in [0.29, 0.717) is 0 Å². The van der Waals surface area contributed by atoms with Gasteiger partial charge in [-0.15, -0.1) is 0 Å². The maximum Gasteiger partial charge on any atom is 0.322 e. The molecule has 0 saturated heterocycles. The summed E-state index contributed by atoms with van der Waals surface area (Å²) in [6, 6.07) is -0.429. The molecule has 0 aromatic rings. The van der Waals surface area contributed by atoms with Crippen LogP contribution in [-0.2, 0) is 9.53 Å². The van der Waals surface area contributed by atoms with E-state index in [-0.39, 0.29) is 5.97 Å². The van der Waals surface area contributed by atoms with E-state index in [1.165, 1.54) is 97.0 Å². The summed E-state index contributed by atoms with van der Waals surface area (Å²) in [6.07, 6.45) is 21.1. The van der Waals surface area contributed by atoms with E-state index < -0.39 is 6.04 Å². The SMILES string of the molecule is CCCCCCCCCCCCCCCCCC(N)C(=O)OC. The van der Waals surface area contributed by atoms with Gasteiger partial charge in [0.25, 0.3) is 0 Å². The summed E-state index contributed by atoms with van der Waals surface area (Å²) in [4.78, 5) is 11.1. The van der Waals surface area contributed by atoms with Gasteiger partial charge in [0.15, 0.2) is 0 Å². The Balaban J connectivity index is 3.09. The van der Waals surface area contributed by atoms with Gasteiger partial charge < -0.3 is 10.5 Å². The summed E-state index contributed by atoms with van der Waals surface area (Å²) >= 11 is 0. The van der Waals surface area contributed by atoms with Crippen molar-refractivity contribution in [2.75, 3.05) is 7.11 Å². The molecule has 0 amide bonds. The molecule has 0 heterocycles. The Morgan fingerprint density at radius 1 is 0.739 bits per heavy atom. The fourth-order valence-electron chi connectivity index (χ4n) is 3.00. The summed E-state index contributed by atoms with van der Waals surface area (Å²) in [5.41, 5.74) is 5.71. The highest BCUT2D eigenvalue weighted by molar-refractivity contribution is 5.75.